The Morgan fingerprint density at radius 1 is 1.46 bits per heavy atom. The average Bonchev–Trinajstić information content (AvgIpc) is 2.60. The van der Waals surface area contributed by atoms with Crippen molar-refractivity contribution in [3.05, 3.63) is 52.3 Å². The van der Waals surface area contributed by atoms with Crippen LogP contribution in [0.2, 0.25) is 0 Å². The van der Waals surface area contributed by atoms with Crippen LogP contribution in [-0.2, 0) is 19.5 Å². The molecule has 2 aromatic rings. The van der Waals surface area contributed by atoms with Gasteiger partial charge in [0, 0.05) is 31.0 Å². The fourth-order valence-corrected chi connectivity index (χ4v) is 2.97. The van der Waals surface area contributed by atoms with Gasteiger partial charge in [-0.05, 0) is 48.7 Å². The summed E-state index contributed by atoms with van der Waals surface area (Å²) in [6.45, 7) is 4.08. The Labute approximate surface area is 140 Å². The summed E-state index contributed by atoms with van der Waals surface area (Å²) in [5.74, 6) is 0.0933. The number of carbonyl (C=O) groups excluding carboxylic acids is 1. The van der Waals surface area contributed by atoms with Gasteiger partial charge in [0.15, 0.2) is 0 Å². The van der Waals surface area contributed by atoms with Crippen molar-refractivity contribution in [3.63, 3.8) is 0 Å². The van der Waals surface area contributed by atoms with Gasteiger partial charge in [-0.2, -0.15) is 0 Å². The summed E-state index contributed by atoms with van der Waals surface area (Å²) >= 11 is 0. The number of aryl methyl sites for hydroxylation is 1. The molecule has 1 aromatic heterocycles. The number of hydrogen-bond donors (Lipinski definition) is 3. The summed E-state index contributed by atoms with van der Waals surface area (Å²) in [6.07, 6.45) is 2.83. The fraction of sp³-hybridized carbons (Fsp3) is 0.333. The zero-order valence-corrected chi connectivity index (χ0v) is 13.8. The van der Waals surface area contributed by atoms with Gasteiger partial charge in [0.05, 0.1) is 12.7 Å². The number of carbonyl (C=O) groups is 1. The largest absolute Gasteiger partial charge is 0.507 e. The monoisotopic (exact) mass is 327 g/mol. The molecule has 1 aliphatic rings. The maximum atomic E-state index is 12.4. The first-order chi connectivity index (χ1) is 11.6. The molecule has 1 aliphatic heterocycles. The molecule has 6 heteroatoms. The molecule has 126 valence electrons. The molecule has 2 heterocycles. The zero-order valence-electron chi connectivity index (χ0n) is 13.8. The molecule has 0 atom stereocenters. The van der Waals surface area contributed by atoms with E-state index in [1.54, 1.807) is 12.1 Å². The van der Waals surface area contributed by atoms with E-state index in [-0.39, 0.29) is 17.2 Å². The standard InChI is InChI=1S/C18H21N3O3/c1-11-16(14-5-6-19-8-12(14)9-20-11)10-21-18(23)15-4-3-13(24-2)7-17(15)22/h3-4,7,9,19,22H,5-6,8,10H2,1-2H3,(H,21,23). The summed E-state index contributed by atoms with van der Waals surface area (Å²) in [5, 5.41) is 16.2. The van der Waals surface area contributed by atoms with Crippen molar-refractivity contribution in [2.75, 3.05) is 13.7 Å². The maximum absolute atomic E-state index is 12.4. The molecular formula is C18H21N3O3. The fourth-order valence-electron chi connectivity index (χ4n) is 2.97. The molecule has 0 aliphatic carbocycles. The second kappa shape index (κ2) is 6.88. The highest BCUT2D eigenvalue weighted by atomic mass is 16.5. The summed E-state index contributed by atoms with van der Waals surface area (Å²) in [5.41, 5.74) is 4.67. The van der Waals surface area contributed by atoms with Crippen LogP contribution in [0, 0.1) is 6.92 Å². The lowest BCUT2D eigenvalue weighted by Crippen LogP contribution is -2.28. The second-order valence-corrected chi connectivity index (χ2v) is 5.82. The van der Waals surface area contributed by atoms with Crippen molar-refractivity contribution in [2.45, 2.75) is 26.4 Å². The first kappa shape index (κ1) is 16.3. The maximum Gasteiger partial charge on any atom is 0.255 e. The number of fused-ring (bicyclic) bond motifs is 1. The summed E-state index contributed by atoms with van der Waals surface area (Å²) < 4.78 is 5.03. The number of methoxy groups -OCH3 is 1. The van der Waals surface area contributed by atoms with Crippen LogP contribution in [0.3, 0.4) is 0 Å². The highest BCUT2D eigenvalue weighted by molar-refractivity contribution is 5.97. The van der Waals surface area contributed by atoms with Crippen molar-refractivity contribution >= 4 is 5.91 Å². The van der Waals surface area contributed by atoms with Crippen molar-refractivity contribution in [1.29, 1.82) is 0 Å². The Morgan fingerprint density at radius 3 is 3.04 bits per heavy atom. The number of nitrogens with zero attached hydrogens (tertiary/aromatic N) is 1. The molecule has 3 N–H and O–H groups in total. The normalized spacial score (nSPS) is 13.2. The van der Waals surface area contributed by atoms with Crippen LogP contribution in [0.5, 0.6) is 11.5 Å². The Kier molecular flexibility index (Phi) is 4.66. The van der Waals surface area contributed by atoms with Crippen molar-refractivity contribution in [2.24, 2.45) is 0 Å². The Balaban J connectivity index is 1.78. The van der Waals surface area contributed by atoms with Crippen molar-refractivity contribution in [1.82, 2.24) is 15.6 Å². The topological polar surface area (TPSA) is 83.5 Å². The minimum atomic E-state index is -0.318. The van der Waals surface area contributed by atoms with Crippen LogP contribution in [0.15, 0.2) is 24.4 Å². The molecule has 0 spiro atoms. The van der Waals surface area contributed by atoms with E-state index in [4.69, 9.17) is 4.74 Å². The second-order valence-electron chi connectivity index (χ2n) is 5.82. The molecule has 0 radical (unpaired) electrons. The number of aromatic nitrogens is 1. The molecule has 0 bridgehead atoms. The summed E-state index contributed by atoms with van der Waals surface area (Å²) in [7, 11) is 1.51. The highest BCUT2D eigenvalue weighted by Gasteiger charge is 2.17. The molecule has 0 unspecified atom stereocenters. The Morgan fingerprint density at radius 2 is 2.29 bits per heavy atom. The van der Waals surface area contributed by atoms with Crippen LogP contribution in [0.1, 0.15) is 32.7 Å². The lowest BCUT2D eigenvalue weighted by atomic mass is 9.96. The molecular weight excluding hydrogens is 306 g/mol. The van der Waals surface area contributed by atoms with E-state index in [0.29, 0.717) is 12.3 Å². The van der Waals surface area contributed by atoms with Gasteiger partial charge in [-0.1, -0.05) is 0 Å². The minimum Gasteiger partial charge on any atom is -0.507 e. The van der Waals surface area contributed by atoms with E-state index in [0.717, 1.165) is 30.8 Å². The number of pyridine rings is 1. The van der Waals surface area contributed by atoms with Gasteiger partial charge in [0.2, 0.25) is 0 Å². The number of phenolic OH excluding ortho intramolecular Hbond substituents is 1. The lowest BCUT2D eigenvalue weighted by Gasteiger charge is -2.21. The molecule has 6 nitrogen and oxygen atoms in total. The van der Waals surface area contributed by atoms with Gasteiger partial charge in [-0.25, -0.2) is 0 Å². The van der Waals surface area contributed by atoms with E-state index < -0.39 is 0 Å². The number of amides is 1. The molecule has 0 saturated carbocycles. The number of hydrogen-bond acceptors (Lipinski definition) is 5. The van der Waals surface area contributed by atoms with Gasteiger partial charge in [0.25, 0.3) is 5.91 Å². The van der Waals surface area contributed by atoms with Crippen molar-refractivity contribution < 1.29 is 14.6 Å². The predicted molar refractivity (Wildman–Crippen MR) is 90.2 cm³/mol. The van der Waals surface area contributed by atoms with Crippen LogP contribution in [0.25, 0.3) is 0 Å². The number of aromatic hydroxyl groups is 1. The Bertz CT molecular complexity index is 774. The average molecular weight is 327 g/mol. The molecule has 1 aromatic carbocycles. The van der Waals surface area contributed by atoms with E-state index in [2.05, 4.69) is 15.6 Å². The van der Waals surface area contributed by atoms with Gasteiger partial charge < -0.3 is 20.5 Å². The zero-order chi connectivity index (χ0) is 17.1. The minimum absolute atomic E-state index is 0.0963. The number of nitrogens with one attached hydrogen (secondary N) is 2. The van der Waals surface area contributed by atoms with E-state index >= 15 is 0 Å². The molecule has 0 fully saturated rings. The molecule has 3 rings (SSSR count). The van der Waals surface area contributed by atoms with Gasteiger partial charge >= 0.3 is 0 Å². The highest BCUT2D eigenvalue weighted by Crippen LogP contribution is 2.24. The first-order valence-electron chi connectivity index (χ1n) is 7.92. The van der Waals surface area contributed by atoms with Gasteiger partial charge in [0.1, 0.15) is 11.5 Å². The quantitative estimate of drug-likeness (QED) is 0.796. The third-order valence-electron chi connectivity index (χ3n) is 4.35. The number of benzene rings is 1. The van der Waals surface area contributed by atoms with E-state index in [1.807, 2.05) is 13.1 Å². The lowest BCUT2D eigenvalue weighted by molar-refractivity contribution is 0.0948. The number of rotatable bonds is 4. The number of phenols is 1. The van der Waals surface area contributed by atoms with Gasteiger partial charge in [-0.3, -0.25) is 9.78 Å². The van der Waals surface area contributed by atoms with E-state index in [1.165, 1.54) is 24.3 Å². The third-order valence-corrected chi connectivity index (χ3v) is 4.35. The smallest absolute Gasteiger partial charge is 0.255 e. The first-order valence-corrected chi connectivity index (χ1v) is 7.92. The van der Waals surface area contributed by atoms with Crippen LogP contribution in [-0.4, -0.2) is 29.7 Å². The SMILES string of the molecule is COc1ccc(C(=O)NCc2c(C)ncc3c2CCNC3)c(O)c1. The van der Waals surface area contributed by atoms with Crippen molar-refractivity contribution in [3.8, 4) is 11.5 Å². The van der Waals surface area contributed by atoms with Crippen LogP contribution in [0.4, 0.5) is 0 Å². The molecule has 24 heavy (non-hydrogen) atoms. The Hall–Kier alpha value is -2.60. The van der Waals surface area contributed by atoms with Crippen LogP contribution < -0.4 is 15.4 Å². The van der Waals surface area contributed by atoms with E-state index in [9.17, 15) is 9.90 Å². The predicted octanol–water partition coefficient (Wildman–Crippen LogP) is 1.68. The van der Waals surface area contributed by atoms with Gasteiger partial charge in [-0.15, -0.1) is 0 Å². The third kappa shape index (κ3) is 3.19. The van der Waals surface area contributed by atoms with Crippen LogP contribution >= 0.6 is 0 Å². The molecule has 1 amide bonds. The summed E-state index contributed by atoms with van der Waals surface area (Å²) in [6, 6.07) is 4.63. The molecule has 0 saturated heterocycles. The summed E-state index contributed by atoms with van der Waals surface area (Å²) in [4.78, 5) is 16.8. The number of ether oxygens (including phenoxy) is 1.